The van der Waals surface area contributed by atoms with Crippen LogP contribution in [0.1, 0.15) is 24.8 Å². The van der Waals surface area contributed by atoms with Crippen LogP contribution in [0.25, 0.3) is 0 Å². The Balaban J connectivity index is 1.68. The van der Waals surface area contributed by atoms with Crippen molar-refractivity contribution in [3.8, 4) is 0 Å². The molecule has 0 atom stereocenters. The molecule has 1 saturated heterocycles. The lowest BCUT2D eigenvalue weighted by Crippen LogP contribution is -2.29. The Morgan fingerprint density at radius 1 is 1.15 bits per heavy atom. The Morgan fingerprint density at radius 2 is 1.88 bits per heavy atom. The second-order valence-corrected chi connectivity index (χ2v) is 6.73. The SMILES string of the molecule is O=C(Cc1ccccc1[N+](=O)[O-])Nc1ccc(N2CCCCC2)c(Cl)c1. The minimum atomic E-state index is -0.479. The summed E-state index contributed by atoms with van der Waals surface area (Å²) < 4.78 is 0. The summed E-state index contributed by atoms with van der Waals surface area (Å²) in [7, 11) is 0. The number of amides is 1. The van der Waals surface area contributed by atoms with Gasteiger partial charge in [0.05, 0.1) is 22.1 Å². The van der Waals surface area contributed by atoms with E-state index in [9.17, 15) is 14.9 Å². The fraction of sp³-hybridized carbons (Fsp3) is 0.316. The van der Waals surface area contributed by atoms with Crippen LogP contribution < -0.4 is 10.2 Å². The zero-order valence-electron chi connectivity index (χ0n) is 14.3. The molecule has 136 valence electrons. The molecule has 1 aliphatic rings. The van der Waals surface area contributed by atoms with E-state index in [2.05, 4.69) is 10.2 Å². The first-order chi connectivity index (χ1) is 12.5. The fourth-order valence-electron chi connectivity index (χ4n) is 3.19. The average Bonchev–Trinajstić information content (AvgIpc) is 2.62. The van der Waals surface area contributed by atoms with Gasteiger partial charge in [-0.25, -0.2) is 0 Å². The van der Waals surface area contributed by atoms with Gasteiger partial charge in [-0.15, -0.1) is 0 Å². The summed E-state index contributed by atoms with van der Waals surface area (Å²) >= 11 is 6.39. The number of rotatable bonds is 5. The maximum Gasteiger partial charge on any atom is 0.273 e. The number of hydrogen-bond acceptors (Lipinski definition) is 4. The Morgan fingerprint density at radius 3 is 2.58 bits per heavy atom. The van der Waals surface area contributed by atoms with Crippen molar-refractivity contribution < 1.29 is 9.72 Å². The van der Waals surface area contributed by atoms with Crippen molar-refractivity contribution in [2.45, 2.75) is 25.7 Å². The number of hydrogen-bond donors (Lipinski definition) is 1. The molecule has 2 aromatic rings. The number of nitro groups is 1. The summed E-state index contributed by atoms with van der Waals surface area (Å²) in [5.74, 6) is -0.318. The molecule has 0 bridgehead atoms. The molecule has 3 rings (SSSR count). The molecule has 1 N–H and O–H groups in total. The van der Waals surface area contributed by atoms with Crippen molar-refractivity contribution in [3.05, 3.63) is 63.2 Å². The number of carbonyl (C=O) groups is 1. The number of nitro benzene ring substituents is 1. The molecule has 0 radical (unpaired) electrons. The maximum absolute atomic E-state index is 12.3. The Hall–Kier alpha value is -2.60. The van der Waals surface area contributed by atoms with Crippen LogP contribution in [0.3, 0.4) is 0 Å². The number of carbonyl (C=O) groups excluding carboxylic acids is 1. The van der Waals surface area contributed by atoms with Crippen LogP contribution in [0, 0.1) is 10.1 Å². The number of para-hydroxylation sites is 1. The van der Waals surface area contributed by atoms with E-state index < -0.39 is 4.92 Å². The van der Waals surface area contributed by atoms with E-state index in [1.165, 1.54) is 12.5 Å². The zero-order chi connectivity index (χ0) is 18.5. The second kappa shape index (κ2) is 8.19. The molecular formula is C19H20ClN3O3. The lowest BCUT2D eigenvalue weighted by Gasteiger charge is -2.29. The quantitative estimate of drug-likeness (QED) is 0.621. The van der Waals surface area contributed by atoms with Gasteiger partial charge in [-0.3, -0.25) is 14.9 Å². The van der Waals surface area contributed by atoms with Crippen molar-refractivity contribution >= 4 is 34.6 Å². The van der Waals surface area contributed by atoms with Crippen LogP contribution in [0.5, 0.6) is 0 Å². The third-order valence-corrected chi connectivity index (χ3v) is 4.77. The number of anilines is 2. The van der Waals surface area contributed by atoms with E-state index in [1.54, 1.807) is 24.3 Å². The van der Waals surface area contributed by atoms with E-state index in [0.29, 0.717) is 16.3 Å². The first-order valence-electron chi connectivity index (χ1n) is 8.61. The summed E-state index contributed by atoms with van der Waals surface area (Å²) in [6.07, 6.45) is 3.49. The van der Waals surface area contributed by atoms with Gasteiger partial charge in [-0.05, 0) is 37.5 Å². The van der Waals surface area contributed by atoms with Gasteiger partial charge in [0.25, 0.3) is 5.69 Å². The highest BCUT2D eigenvalue weighted by atomic mass is 35.5. The highest BCUT2D eigenvalue weighted by Crippen LogP contribution is 2.31. The molecule has 0 aromatic heterocycles. The number of piperidine rings is 1. The smallest absolute Gasteiger partial charge is 0.273 e. The average molecular weight is 374 g/mol. The van der Waals surface area contributed by atoms with Crippen molar-refractivity contribution in [2.75, 3.05) is 23.3 Å². The normalized spacial score (nSPS) is 14.1. The summed E-state index contributed by atoms with van der Waals surface area (Å²) in [5, 5.41) is 14.4. The van der Waals surface area contributed by atoms with Gasteiger partial charge < -0.3 is 10.2 Å². The van der Waals surface area contributed by atoms with Crippen molar-refractivity contribution in [3.63, 3.8) is 0 Å². The highest BCUT2D eigenvalue weighted by molar-refractivity contribution is 6.33. The lowest BCUT2D eigenvalue weighted by molar-refractivity contribution is -0.385. The van der Waals surface area contributed by atoms with E-state index in [0.717, 1.165) is 31.6 Å². The predicted octanol–water partition coefficient (Wildman–Crippen LogP) is 4.42. The first-order valence-corrected chi connectivity index (χ1v) is 8.99. The van der Waals surface area contributed by atoms with Gasteiger partial charge in [0, 0.05) is 30.4 Å². The number of benzene rings is 2. The molecule has 1 aliphatic heterocycles. The van der Waals surface area contributed by atoms with Crippen LogP contribution >= 0.6 is 11.6 Å². The van der Waals surface area contributed by atoms with Gasteiger partial charge in [0.1, 0.15) is 0 Å². The van der Waals surface area contributed by atoms with E-state index >= 15 is 0 Å². The van der Waals surface area contributed by atoms with Crippen LogP contribution in [-0.2, 0) is 11.2 Å². The van der Waals surface area contributed by atoms with Crippen LogP contribution in [-0.4, -0.2) is 23.9 Å². The van der Waals surface area contributed by atoms with Crippen LogP contribution in [0.2, 0.25) is 5.02 Å². The monoisotopic (exact) mass is 373 g/mol. The molecule has 0 spiro atoms. The molecular weight excluding hydrogens is 354 g/mol. The van der Waals surface area contributed by atoms with E-state index in [1.807, 2.05) is 12.1 Å². The Bertz CT molecular complexity index is 819. The minimum Gasteiger partial charge on any atom is -0.370 e. The fourth-order valence-corrected chi connectivity index (χ4v) is 3.49. The second-order valence-electron chi connectivity index (χ2n) is 6.32. The van der Waals surface area contributed by atoms with Gasteiger partial charge >= 0.3 is 0 Å². The largest absolute Gasteiger partial charge is 0.370 e. The van der Waals surface area contributed by atoms with E-state index in [4.69, 9.17) is 11.6 Å². The molecule has 7 heteroatoms. The topological polar surface area (TPSA) is 75.5 Å². The number of nitrogens with zero attached hydrogens (tertiary/aromatic N) is 2. The molecule has 26 heavy (non-hydrogen) atoms. The first kappa shape index (κ1) is 18.2. The minimum absolute atomic E-state index is 0.0545. The predicted molar refractivity (Wildman–Crippen MR) is 103 cm³/mol. The summed E-state index contributed by atoms with van der Waals surface area (Å²) in [4.78, 5) is 25.1. The van der Waals surface area contributed by atoms with Crippen molar-refractivity contribution in [1.29, 1.82) is 0 Å². The lowest BCUT2D eigenvalue weighted by atomic mass is 10.1. The highest BCUT2D eigenvalue weighted by Gasteiger charge is 2.17. The standard InChI is InChI=1S/C19H20ClN3O3/c20-16-13-15(8-9-18(16)22-10-4-1-5-11-22)21-19(24)12-14-6-2-3-7-17(14)23(25)26/h2-3,6-9,13H,1,4-5,10-12H2,(H,21,24). The number of nitrogens with one attached hydrogen (secondary N) is 1. The third-order valence-electron chi connectivity index (χ3n) is 4.47. The Labute approximate surface area is 156 Å². The van der Waals surface area contributed by atoms with Crippen LogP contribution in [0.15, 0.2) is 42.5 Å². The molecule has 1 fully saturated rings. The van der Waals surface area contributed by atoms with Crippen molar-refractivity contribution in [2.24, 2.45) is 0 Å². The summed E-state index contributed by atoms with van der Waals surface area (Å²) in [6.45, 7) is 1.98. The van der Waals surface area contributed by atoms with Crippen LogP contribution in [0.4, 0.5) is 17.1 Å². The van der Waals surface area contributed by atoms with E-state index in [-0.39, 0.29) is 18.0 Å². The Kier molecular flexibility index (Phi) is 5.73. The molecule has 0 unspecified atom stereocenters. The third kappa shape index (κ3) is 4.32. The molecule has 1 heterocycles. The molecule has 0 aliphatic carbocycles. The molecule has 0 saturated carbocycles. The van der Waals surface area contributed by atoms with Gasteiger partial charge in [-0.2, -0.15) is 0 Å². The summed E-state index contributed by atoms with van der Waals surface area (Å²) in [6, 6.07) is 11.7. The summed E-state index contributed by atoms with van der Waals surface area (Å²) in [5.41, 5.74) is 1.88. The van der Waals surface area contributed by atoms with Crippen molar-refractivity contribution in [1.82, 2.24) is 0 Å². The molecule has 1 amide bonds. The van der Waals surface area contributed by atoms with Gasteiger partial charge in [0.2, 0.25) is 5.91 Å². The zero-order valence-corrected chi connectivity index (χ0v) is 15.0. The van der Waals surface area contributed by atoms with Gasteiger partial charge in [-0.1, -0.05) is 29.8 Å². The van der Waals surface area contributed by atoms with Gasteiger partial charge in [0.15, 0.2) is 0 Å². The molecule has 6 nitrogen and oxygen atoms in total. The molecule has 2 aromatic carbocycles. The number of halogens is 1. The maximum atomic E-state index is 12.3.